The van der Waals surface area contributed by atoms with Gasteiger partial charge in [-0.3, -0.25) is 9.59 Å². The molecule has 0 bridgehead atoms. The number of methoxy groups -OCH3 is 1. The quantitative estimate of drug-likeness (QED) is 0.622. The number of H-pyrrole nitrogens is 1. The highest BCUT2D eigenvalue weighted by atomic mass is 16.5. The Balaban J connectivity index is 1.70. The number of ketones is 1. The van der Waals surface area contributed by atoms with Crippen molar-refractivity contribution in [2.75, 3.05) is 39.1 Å². The zero-order valence-electron chi connectivity index (χ0n) is 17.9. The largest absolute Gasteiger partial charge is 0.496 e. The highest BCUT2D eigenvalue weighted by Crippen LogP contribution is 2.45. The molecule has 1 aromatic heterocycles. The van der Waals surface area contributed by atoms with Crippen molar-refractivity contribution >= 4 is 28.3 Å². The molecule has 1 saturated heterocycles. The summed E-state index contributed by atoms with van der Waals surface area (Å²) in [6.07, 6.45) is 0. The SMILES string of the molecule is COc1cc2c(cc1C(=O)N1CCOCC1)C(=O)c1c([nH]c3cc(N)ccc13)C2(C)C. The predicted octanol–water partition coefficient (Wildman–Crippen LogP) is 3.10. The maximum absolute atomic E-state index is 13.7. The van der Waals surface area contributed by atoms with Gasteiger partial charge >= 0.3 is 0 Å². The third-order valence-electron chi connectivity index (χ3n) is 6.46. The first-order valence-electron chi connectivity index (χ1n) is 10.4. The van der Waals surface area contributed by atoms with Crippen molar-refractivity contribution < 1.29 is 19.1 Å². The number of aromatic nitrogens is 1. The lowest BCUT2D eigenvalue weighted by Crippen LogP contribution is -2.41. The molecular formula is C24H25N3O4. The minimum atomic E-state index is -0.486. The van der Waals surface area contributed by atoms with Gasteiger partial charge in [0.25, 0.3) is 5.91 Å². The zero-order chi connectivity index (χ0) is 21.9. The first kappa shape index (κ1) is 19.6. The van der Waals surface area contributed by atoms with Crippen LogP contribution in [0.5, 0.6) is 5.75 Å². The molecule has 0 radical (unpaired) electrons. The number of carbonyl (C=O) groups is 2. The average molecular weight is 419 g/mol. The number of hydrogen-bond donors (Lipinski definition) is 2. The number of ether oxygens (including phenoxy) is 2. The molecule has 3 N–H and O–H groups in total. The van der Waals surface area contributed by atoms with E-state index in [9.17, 15) is 9.59 Å². The first-order valence-corrected chi connectivity index (χ1v) is 10.4. The fourth-order valence-corrected chi connectivity index (χ4v) is 4.75. The maximum atomic E-state index is 13.7. The summed E-state index contributed by atoms with van der Waals surface area (Å²) in [5, 5.41) is 0.838. The molecule has 3 aromatic rings. The number of nitrogens with zero attached hydrogens (tertiary/aromatic N) is 1. The van der Waals surface area contributed by atoms with Crippen molar-refractivity contribution in [3.63, 3.8) is 0 Å². The van der Waals surface area contributed by atoms with Gasteiger partial charge in [0.1, 0.15) is 5.75 Å². The number of benzene rings is 2. The van der Waals surface area contributed by atoms with E-state index < -0.39 is 5.41 Å². The second-order valence-corrected chi connectivity index (χ2v) is 8.64. The van der Waals surface area contributed by atoms with Crippen LogP contribution in [0.2, 0.25) is 0 Å². The van der Waals surface area contributed by atoms with Crippen LogP contribution in [0.1, 0.15) is 51.4 Å². The number of anilines is 1. The molecule has 1 aliphatic heterocycles. The third-order valence-corrected chi connectivity index (χ3v) is 6.46. The Morgan fingerprint density at radius 2 is 1.94 bits per heavy atom. The van der Waals surface area contributed by atoms with E-state index in [0.717, 1.165) is 22.2 Å². The van der Waals surface area contributed by atoms with Crippen molar-refractivity contribution in [3.05, 3.63) is 58.3 Å². The van der Waals surface area contributed by atoms with Gasteiger partial charge in [-0.25, -0.2) is 0 Å². The molecule has 1 fully saturated rings. The molecule has 2 aromatic carbocycles. The number of hydrogen-bond acceptors (Lipinski definition) is 5. The minimum absolute atomic E-state index is 0.0981. The molecule has 0 saturated carbocycles. The highest BCUT2D eigenvalue weighted by Gasteiger charge is 2.41. The summed E-state index contributed by atoms with van der Waals surface area (Å²) in [4.78, 5) is 32.1. The topological polar surface area (TPSA) is 97.6 Å². The average Bonchev–Trinajstić information content (AvgIpc) is 3.16. The van der Waals surface area contributed by atoms with Crippen LogP contribution in [0.15, 0.2) is 30.3 Å². The standard InChI is InChI=1S/C24H25N3O4/c1-24(2)17-12-19(30-3)16(23(29)27-6-8-31-9-7-27)11-15(17)21(28)20-14-5-4-13(25)10-18(14)26-22(20)24/h4-5,10-12,26H,6-9,25H2,1-3H3. The van der Waals surface area contributed by atoms with Gasteiger partial charge in [-0.2, -0.15) is 0 Å². The Hall–Kier alpha value is -3.32. The lowest BCUT2D eigenvalue weighted by atomic mass is 9.70. The smallest absolute Gasteiger partial charge is 0.257 e. The fraction of sp³-hybridized carbons (Fsp3) is 0.333. The first-order chi connectivity index (χ1) is 14.8. The summed E-state index contributed by atoms with van der Waals surface area (Å²) < 4.78 is 11.0. The Morgan fingerprint density at radius 1 is 1.19 bits per heavy atom. The van der Waals surface area contributed by atoms with Crippen molar-refractivity contribution in [1.82, 2.24) is 9.88 Å². The number of rotatable bonds is 2. The summed E-state index contributed by atoms with van der Waals surface area (Å²) in [7, 11) is 1.55. The number of fused-ring (bicyclic) bond motifs is 4. The number of nitrogen functional groups attached to an aromatic ring is 1. The van der Waals surface area contributed by atoms with Gasteiger partial charge in [-0.1, -0.05) is 19.9 Å². The van der Waals surface area contributed by atoms with Gasteiger partial charge in [-0.05, 0) is 29.8 Å². The number of morpholine rings is 1. The van der Waals surface area contributed by atoms with Gasteiger partial charge in [-0.15, -0.1) is 0 Å². The van der Waals surface area contributed by atoms with E-state index in [0.29, 0.717) is 54.4 Å². The van der Waals surface area contributed by atoms with Gasteiger partial charge < -0.3 is 25.1 Å². The van der Waals surface area contributed by atoms with Gasteiger partial charge in [0, 0.05) is 46.4 Å². The molecule has 7 heteroatoms. The molecule has 160 valence electrons. The molecule has 0 unspecified atom stereocenters. The molecule has 7 nitrogen and oxygen atoms in total. The summed E-state index contributed by atoms with van der Waals surface area (Å²) in [6.45, 7) is 6.19. The number of nitrogens with one attached hydrogen (secondary N) is 1. The summed E-state index contributed by atoms with van der Waals surface area (Å²) in [5.74, 6) is 0.227. The van der Waals surface area contributed by atoms with Gasteiger partial charge in [0.05, 0.1) is 31.5 Å². The van der Waals surface area contributed by atoms with E-state index in [2.05, 4.69) is 18.8 Å². The maximum Gasteiger partial charge on any atom is 0.257 e. The van der Waals surface area contributed by atoms with Crippen molar-refractivity contribution in [2.45, 2.75) is 19.3 Å². The lowest BCUT2D eigenvalue weighted by molar-refractivity contribution is 0.0301. The number of amides is 1. The van der Waals surface area contributed by atoms with Crippen molar-refractivity contribution in [2.24, 2.45) is 0 Å². The number of carbonyl (C=O) groups excluding carboxylic acids is 2. The summed E-state index contributed by atoms with van der Waals surface area (Å²) in [6, 6.07) is 9.06. The molecule has 1 amide bonds. The summed E-state index contributed by atoms with van der Waals surface area (Å²) in [5.41, 5.74) is 10.2. The number of aromatic amines is 1. The Labute approximate surface area is 180 Å². The lowest BCUT2D eigenvalue weighted by Gasteiger charge is -2.33. The van der Waals surface area contributed by atoms with Crippen molar-refractivity contribution in [1.29, 1.82) is 0 Å². The van der Waals surface area contributed by atoms with E-state index in [-0.39, 0.29) is 11.7 Å². The van der Waals surface area contributed by atoms with Crippen LogP contribution in [0, 0.1) is 0 Å². The monoisotopic (exact) mass is 419 g/mol. The molecule has 5 rings (SSSR count). The third kappa shape index (κ3) is 2.84. The Kier molecular flexibility index (Phi) is 4.34. The second kappa shape index (κ2) is 6.85. The van der Waals surface area contributed by atoms with Crippen LogP contribution in [-0.2, 0) is 10.2 Å². The van der Waals surface area contributed by atoms with Crippen LogP contribution >= 0.6 is 0 Å². The van der Waals surface area contributed by atoms with E-state index in [1.807, 2.05) is 18.2 Å². The van der Waals surface area contributed by atoms with Crippen LogP contribution in [0.4, 0.5) is 5.69 Å². The molecule has 31 heavy (non-hydrogen) atoms. The summed E-state index contributed by atoms with van der Waals surface area (Å²) >= 11 is 0. The van der Waals surface area contributed by atoms with Crippen LogP contribution < -0.4 is 10.5 Å². The predicted molar refractivity (Wildman–Crippen MR) is 118 cm³/mol. The zero-order valence-corrected chi connectivity index (χ0v) is 17.9. The van der Waals surface area contributed by atoms with Crippen molar-refractivity contribution in [3.8, 4) is 5.75 Å². The normalized spacial score (nSPS) is 17.4. The molecule has 0 atom stereocenters. The second-order valence-electron chi connectivity index (χ2n) is 8.64. The van der Waals surface area contributed by atoms with E-state index in [1.165, 1.54) is 0 Å². The highest BCUT2D eigenvalue weighted by molar-refractivity contribution is 6.21. The fourth-order valence-electron chi connectivity index (χ4n) is 4.75. The number of nitrogens with two attached hydrogens (primary N) is 1. The van der Waals surface area contributed by atoms with E-state index in [1.54, 1.807) is 24.1 Å². The molecule has 2 heterocycles. The molecule has 0 spiro atoms. The van der Waals surface area contributed by atoms with Crippen LogP contribution in [0.3, 0.4) is 0 Å². The van der Waals surface area contributed by atoms with Crippen LogP contribution in [-0.4, -0.2) is 55.0 Å². The van der Waals surface area contributed by atoms with Gasteiger partial charge in [0.15, 0.2) is 5.78 Å². The molecule has 2 aliphatic rings. The van der Waals surface area contributed by atoms with Crippen LogP contribution in [0.25, 0.3) is 10.9 Å². The molecular weight excluding hydrogens is 394 g/mol. The Morgan fingerprint density at radius 3 is 2.65 bits per heavy atom. The Bertz CT molecular complexity index is 1240. The molecule has 1 aliphatic carbocycles. The van der Waals surface area contributed by atoms with Gasteiger partial charge in [0.2, 0.25) is 0 Å². The van der Waals surface area contributed by atoms with E-state index in [4.69, 9.17) is 15.2 Å². The minimum Gasteiger partial charge on any atom is -0.496 e. The van der Waals surface area contributed by atoms with E-state index >= 15 is 0 Å².